The molecule has 0 unspecified atom stereocenters. The van der Waals surface area contributed by atoms with Crippen LogP contribution in [-0.4, -0.2) is 34.5 Å². The van der Waals surface area contributed by atoms with Gasteiger partial charge in [0.25, 0.3) is 0 Å². The first-order valence-corrected chi connectivity index (χ1v) is 3.72. The predicted octanol–water partition coefficient (Wildman–Crippen LogP) is 0.356. The maximum atomic E-state index is 10.2. The molecule has 1 rings (SSSR count). The lowest BCUT2D eigenvalue weighted by atomic mass is 10.2. The van der Waals surface area contributed by atoms with E-state index >= 15 is 0 Å². The Morgan fingerprint density at radius 2 is 1.54 bits per heavy atom. The van der Waals surface area contributed by atoms with Crippen molar-refractivity contribution in [3.05, 3.63) is 35.9 Å². The highest BCUT2D eigenvalue weighted by atomic mass is 16.4. The van der Waals surface area contributed by atoms with Gasteiger partial charge in [-0.25, -0.2) is 4.79 Å². The van der Waals surface area contributed by atoms with Gasteiger partial charge in [-0.3, -0.25) is 0 Å². The molecular formula is C9H12O4. The molecule has 0 aliphatic rings. The molecule has 3 N–H and O–H groups in total. The fourth-order valence-corrected chi connectivity index (χ4v) is 0.581. The van der Waals surface area contributed by atoms with Gasteiger partial charge in [-0.05, 0) is 12.1 Å². The van der Waals surface area contributed by atoms with Crippen molar-refractivity contribution in [2.24, 2.45) is 0 Å². The molecule has 0 saturated heterocycles. The molecule has 0 atom stereocenters. The zero-order valence-electron chi connectivity index (χ0n) is 7.05. The van der Waals surface area contributed by atoms with Gasteiger partial charge in [0.2, 0.25) is 0 Å². The number of rotatable bonds is 2. The molecule has 4 nitrogen and oxygen atoms in total. The summed E-state index contributed by atoms with van der Waals surface area (Å²) in [6, 6.07) is 8.30. The number of aliphatic hydroxyl groups excluding tert-OH is 2. The third-order valence-corrected chi connectivity index (χ3v) is 1.12. The number of aromatic carboxylic acids is 1. The molecule has 0 amide bonds. The molecule has 72 valence electrons. The molecule has 0 saturated carbocycles. The van der Waals surface area contributed by atoms with Crippen LogP contribution in [0.25, 0.3) is 0 Å². The van der Waals surface area contributed by atoms with E-state index in [-0.39, 0.29) is 13.2 Å². The predicted molar refractivity (Wildman–Crippen MR) is 47.6 cm³/mol. The SMILES string of the molecule is O=C(O)c1ccccc1.OCCO. The fraction of sp³-hybridized carbons (Fsp3) is 0.222. The van der Waals surface area contributed by atoms with Gasteiger partial charge in [0, 0.05) is 0 Å². The van der Waals surface area contributed by atoms with Crippen LogP contribution in [0.3, 0.4) is 0 Å². The second-order valence-electron chi connectivity index (χ2n) is 2.12. The Morgan fingerprint density at radius 3 is 1.77 bits per heavy atom. The van der Waals surface area contributed by atoms with Crippen molar-refractivity contribution in [1.82, 2.24) is 0 Å². The van der Waals surface area contributed by atoms with Crippen molar-refractivity contribution in [3.63, 3.8) is 0 Å². The quantitative estimate of drug-likeness (QED) is 0.620. The Hall–Kier alpha value is -1.39. The standard InChI is InChI=1S/C7H6O2.C2H6O2/c8-7(9)6-4-2-1-3-5-6;3-1-2-4/h1-5H,(H,8,9);3-4H,1-2H2. The van der Waals surface area contributed by atoms with E-state index in [0.717, 1.165) is 0 Å². The van der Waals surface area contributed by atoms with E-state index in [1.54, 1.807) is 30.3 Å². The Kier molecular flexibility index (Phi) is 6.49. The lowest BCUT2D eigenvalue weighted by Crippen LogP contribution is -1.93. The summed E-state index contributed by atoms with van der Waals surface area (Å²) in [5, 5.41) is 23.6. The summed E-state index contributed by atoms with van der Waals surface area (Å²) in [5.74, 6) is -0.879. The third kappa shape index (κ3) is 5.84. The van der Waals surface area contributed by atoms with Gasteiger partial charge in [-0.2, -0.15) is 0 Å². The van der Waals surface area contributed by atoms with E-state index in [4.69, 9.17) is 15.3 Å². The van der Waals surface area contributed by atoms with E-state index < -0.39 is 5.97 Å². The molecule has 1 aromatic rings. The van der Waals surface area contributed by atoms with Gasteiger partial charge in [-0.1, -0.05) is 18.2 Å². The molecule has 0 radical (unpaired) electrons. The molecule has 0 spiro atoms. The van der Waals surface area contributed by atoms with Crippen molar-refractivity contribution in [3.8, 4) is 0 Å². The lowest BCUT2D eigenvalue weighted by Gasteiger charge is -1.88. The number of carboxylic acids is 1. The number of hydrogen-bond donors (Lipinski definition) is 3. The first-order valence-electron chi connectivity index (χ1n) is 3.72. The van der Waals surface area contributed by atoms with Gasteiger partial charge in [0.05, 0.1) is 18.8 Å². The summed E-state index contributed by atoms with van der Waals surface area (Å²) in [5.41, 5.74) is 0.331. The minimum Gasteiger partial charge on any atom is -0.478 e. The van der Waals surface area contributed by atoms with Crippen LogP contribution in [0.15, 0.2) is 30.3 Å². The molecule has 1 aromatic carbocycles. The average molecular weight is 184 g/mol. The fourth-order valence-electron chi connectivity index (χ4n) is 0.581. The second kappa shape index (κ2) is 7.27. The molecule has 0 aliphatic heterocycles. The Balaban J connectivity index is 0.000000310. The van der Waals surface area contributed by atoms with Crippen LogP contribution in [0.5, 0.6) is 0 Å². The van der Waals surface area contributed by atoms with Crippen LogP contribution in [0.1, 0.15) is 10.4 Å². The van der Waals surface area contributed by atoms with E-state index in [0.29, 0.717) is 5.56 Å². The summed E-state index contributed by atoms with van der Waals surface area (Å²) in [7, 11) is 0. The monoisotopic (exact) mass is 184 g/mol. The highest BCUT2D eigenvalue weighted by Gasteiger charge is 1.96. The van der Waals surface area contributed by atoms with Crippen LogP contribution < -0.4 is 0 Å². The molecule has 0 aromatic heterocycles. The molecule has 4 heteroatoms. The topological polar surface area (TPSA) is 77.8 Å². The molecule has 0 heterocycles. The number of hydrogen-bond acceptors (Lipinski definition) is 3. The molecule has 0 bridgehead atoms. The second-order valence-corrected chi connectivity index (χ2v) is 2.12. The van der Waals surface area contributed by atoms with Crippen LogP contribution in [0, 0.1) is 0 Å². The van der Waals surface area contributed by atoms with Crippen LogP contribution >= 0.6 is 0 Å². The number of aliphatic hydroxyl groups is 2. The molecular weight excluding hydrogens is 172 g/mol. The van der Waals surface area contributed by atoms with Crippen LogP contribution in [-0.2, 0) is 0 Å². The highest BCUT2D eigenvalue weighted by molar-refractivity contribution is 5.87. The van der Waals surface area contributed by atoms with Gasteiger partial charge < -0.3 is 15.3 Å². The zero-order chi connectivity index (χ0) is 10.1. The summed E-state index contributed by atoms with van der Waals surface area (Å²) < 4.78 is 0. The number of carboxylic acid groups (broad SMARTS) is 1. The minimum absolute atomic E-state index is 0.125. The van der Waals surface area contributed by atoms with E-state index in [1.165, 1.54) is 0 Å². The van der Waals surface area contributed by atoms with Crippen LogP contribution in [0.4, 0.5) is 0 Å². The first kappa shape index (κ1) is 11.6. The number of benzene rings is 1. The Labute approximate surface area is 76.1 Å². The number of carbonyl (C=O) groups is 1. The minimum atomic E-state index is -0.879. The first-order chi connectivity index (χ1) is 6.22. The van der Waals surface area contributed by atoms with Crippen molar-refractivity contribution in [2.45, 2.75) is 0 Å². The summed E-state index contributed by atoms with van der Waals surface area (Å²) >= 11 is 0. The smallest absolute Gasteiger partial charge is 0.335 e. The maximum Gasteiger partial charge on any atom is 0.335 e. The van der Waals surface area contributed by atoms with Crippen molar-refractivity contribution in [1.29, 1.82) is 0 Å². The summed E-state index contributed by atoms with van der Waals surface area (Å²) in [4.78, 5) is 10.2. The van der Waals surface area contributed by atoms with E-state index in [1.807, 2.05) is 0 Å². The Bertz CT molecular complexity index is 231. The average Bonchev–Trinajstić information content (AvgIpc) is 2.19. The largest absolute Gasteiger partial charge is 0.478 e. The van der Waals surface area contributed by atoms with Gasteiger partial charge in [0.15, 0.2) is 0 Å². The highest BCUT2D eigenvalue weighted by Crippen LogP contribution is 1.96. The van der Waals surface area contributed by atoms with Crippen molar-refractivity contribution >= 4 is 5.97 Å². The summed E-state index contributed by atoms with van der Waals surface area (Å²) in [6.45, 7) is -0.250. The molecule has 13 heavy (non-hydrogen) atoms. The maximum absolute atomic E-state index is 10.2. The molecule has 0 aliphatic carbocycles. The van der Waals surface area contributed by atoms with Crippen LogP contribution in [0.2, 0.25) is 0 Å². The van der Waals surface area contributed by atoms with Gasteiger partial charge in [0.1, 0.15) is 0 Å². The Morgan fingerprint density at radius 1 is 1.08 bits per heavy atom. The van der Waals surface area contributed by atoms with E-state index in [9.17, 15) is 4.79 Å². The zero-order valence-corrected chi connectivity index (χ0v) is 7.05. The molecule has 0 fully saturated rings. The lowest BCUT2D eigenvalue weighted by molar-refractivity contribution is 0.0697. The van der Waals surface area contributed by atoms with Gasteiger partial charge in [-0.15, -0.1) is 0 Å². The van der Waals surface area contributed by atoms with Crippen molar-refractivity contribution < 1.29 is 20.1 Å². The van der Waals surface area contributed by atoms with Gasteiger partial charge >= 0.3 is 5.97 Å². The third-order valence-electron chi connectivity index (χ3n) is 1.12. The van der Waals surface area contributed by atoms with Crippen molar-refractivity contribution in [2.75, 3.05) is 13.2 Å². The van der Waals surface area contributed by atoms with E-state index in [2.05, 4.69) is 0 Å². The normalized spacial score (nSPS) is 8.46. The summed E-state index contributed by atoms with van der Waals surface area (Å²) in [6.07, 6.45) is 0.